The highest BCUT2D eigenvalue weighted by Crippen LogP contribution is 2.30. The van der Waals surface area contributed by atoms with Crippen LogP contribution in [-0.2, 0) is 0 Å². The van der Waals surface area contributed by atoms with Crippen LogP contribution in [0.25, 0.3) is 0 Å². The van der Waals surface area contributed by atoms with Crippen LogP contribution in [0.4, 0.5) is 10.2 Å². The maximum atomic E-state index is 12.9. The van der Waals surface area contributed by atoms with Crippen LogP contribution >= 0.6 is 23.2 Å². The third-order valence-corrected chi connectivity index (χ3v) is 3.18. The number of halogens is 3. The Morgan fingerprint density at radius 2 is 1.79 bits per heavy atom. The Hall–Kier alpha value is -1.36. The Labute approximate surface area is 120 Å². The third-order valence-electron chi connectivity index (χ3n) is 2.52. The molecule has 0 aliphatic carbocycles. The summed E-state index contributed by atoms with van der Waals surface area (Å²) in [6.07, 6.45) is -0.911. The highest BCUT2D eigenvalue weighted by atomic mass is 35.5. The molecule has 0 aliphatic rings. The fourth-order valence-electron chi connectivity index (χ4n) is 1.64. The smallest absolute Gasteiger partial charge is 0.214 e. The van der Waals surface area contributed by atoms with Gasteiger partial charge < -0.3 is 10.4 Å². The van der Waals surface area contributed by atoms with Gasteiger partial charge in [-0.25, -0.2) is 4.98 Å². The molecule has 2 N–H and O–H groups in total. The summed E-state index contributed by atoms with van der Waals surface area (Å²) in [6, 6.07) is 9.36. The summed E-state index contributed by atoms with van der Waals surface area (Å²) in [5.74, 6) is -0.252. The average molecular weight is 301 g/mol. The molecule has 1 unspecified atom stereocenters. The van der Waals surface area contributed by atoms with Crippen molar-refractivity contribution < 1.29 is 9.50 Å². The SMILES string of the molecule is OC(CNc1cccc(F)n1)c1c(Cl)cccc1Cl. The number of aliphatic hydroxyl groups excluding tert-OH is 1. The molecule has 3 nitrogen and oxygen atoms in total. The lowest BCUT2D eigenvalue weighted by Crippen LogP contribution is -2.14. The normalized spacial score (nSPS) is 12.2. The van der Waals surface area contributed by atoms with Crippen molar-refractivity contribution in [2.24, 2.45) is 0 Å². The molecule has 1 atom stereocenters. The van der Waals surface area contributed by atoms with E-state index in [2.05, 4.69) is 10.3 Å². The Balaban J connectivity index is 2.07. The quantitative estimate of drug-likeness (QED) is 0.847. The maximum absolute atomic E-state index is 12.9. The molecule has 6 heteroatoms. The van der Waals surface area contributed by atoms with Crippen molar-refractivity contribution in [3.8, 4) is 0 Å². The average Bonchev–Trinajstić information content (AvgIpc) is 2.36. The van der Waals surface area contributed by atoms with Crippen LogP contribution in [0.1, 0.15) is 11.7 Å². The van der Waals surface area contributed by atoms with Gasteiger partial charge in [-0.15, -0.1) is 0 Å². The van der Waals surface area contributed by atoms with Gasteiger partial charge in [-0.1, -0.05) is 35.3 Å². The van der Waals surface area contributed by atoms with Gasteiger partial charge >= 0.3 is 0 Å². The van der Waals surface area contributed by atoms with Crippen molar-refractivity contribution in [1.29, 1.82) is 0 Å². The zero-order valence-corrected chi connectivity index (χ0v) is 11.3. The summed E-state index contributed by atoms with van der Waals surface area (Å²) in [4.78, 5) is 3.63. The molecule has 0 bridgehead atoms. The van der Waals surface area contributed by atoms with E-state index in [0.717, 1.165) is 0 Å². The van der Waals surface area contributed by atoms with Crippen LogP contribution < -0.4 is 5.32 Å². The predicted molar refractivity (Wildman–Crippen MR) is 74.1 cm³/mol. The lowest BCUT2D eigenvalue weighted by Gasteiger charge is -2.15. The van der Waals surface area contributed by atoms with Crippen molar-refractivity contribution in [3.63, 3.8) is 0 Å². The van der Waals surface area contributed by atoms with E-state index in [4.69, 9.17) is 23.2 Å². The largest absolute Gasteiger partial charge is 0.386 e. The number of benzene rings is 1. The minimum atomic E-state index is -0.911. The second-order valence-electron chi connectivity index (χ2n) is 3.88. The van der Waals surface area contributed by atoms with Crippen molar-refractivity contribution in [2.45, 2.75) is 6.10 Å². The molecule has 0 amide bonds. The van der Waals surface area contributed by atoms with Gasteiger partial charge in [-0.2, -0.15) is 4.39 Å². The van der Waals surface area contributed by atoms with Gasteiger partial charge in [-0.3, -0.25) is 0 Å². The summed E-state index contributed by atoms with van der Waals surface area (Å²) in [5, 5.41) is 13.6. The first-order chi connectivity index (χ1) is 9.08. The Morgan fingerprint density at radius 1 is 1.16 bits per heavy atom. The molecular formula is C13H11Cl2FN2O. The Kier molecular flexibility index (Phi) is 4.58. The molecule has 0 spiro atoms. The molecule has 0 saturated heterocycles. The van der Waals surface area contributed by atoms with Gasteiger partial charge in [0.2, 0.25) is 5.95 Å². The molecule has 1 aromatic heterocycles. The predicted octanol–water partition coefficient (Wildman–Crippen LogP) is 3.67. The number of pyridine rings is 1. The first-order valence-electron chi connectivity index (χ1n) is 5.56. The van der Waals surface area contributed by atoms with E-state index in [1.807, 2.05) is 0 Å². The Bertz CT molecular complexity index is 560. The molecule has 0 fully saturated rings. The van der Waals surface area contributed by atoms with Crippen LogP contribution in [0.3, 0.4) is 0 Å². The number of aromatic nitrogens is 1. The van der Waals surface area contributed by atoms with Gasteiger partial charge in [-0.05, 0) is 24.3 Å². The lowest BCUT2D eigenvalue weighted by atomic mass is 10.1. The number of nitrogens with one attached hydrogen (secondary N) is 1. The molecule has 0 aliphatic heterocycles. The van der Waals surface area contributed by atoms with Gasteiger partial charge in [0.15, 0.2) is 0 Å². The first-order valence-corrected chi connectivity index (χ1v) is 6.32. The topological polar surface area (TPSA) is 45.1 Å². The zero-order chi connectivity index (χ0) is 13.8. The van der Waals surface area contributed by atoms with Crippen LogP contribution in [0.5, 0.6) is 0 Å². The van der Waals surface area contributed by atoms with Crippen molar-refractivity contribution >= 4 is 29.0 Å². The molecule has 2 rings (SSSR count). The summed E-state index contributed by atoms with van der Waals surface area (Å²) < 4.78 is 12.9. The molecule has 19 heavy (non-hydrogen) atoms. The molecule has 2 aromatic rings. The summed E-state index contributed by atoms with van der Waals surface area (Å²) >= 11 is 12.0. The third kappa shape index (κ3) is 3.56. The fourth-order valence-corrected chi connectivity index (χ4v) is 2.29. The van der Waals surface area contributed by atoms with Crippen molar-refractivity contribution in [3.05, 3.63) is 58.0 Å². The first kappa shape index (κ1) is 14.1. The fraction of sp³-hybridized carbons (Fsp3) is 0.154. The second kappa shape index (κ2) is 6.19. The van der Waals surface area contributed by atoms with E-state index in [1.165, 1.54) is 12.1 Å². The zero-order valence-electron chi connectivity index (χ0n) is 9.78. The number of hydrogen-bond donors (Lipinski definition) is 2. The van der Waals surface area contributed by atoms with E-state index in [9.17, 15) is 9.50 Å². The number of aliphatic hydroxyl groups is 1. The standard InChI is InChI=1S/C13H11Cl2FN2O/c14-8-3-1-4-9(15)13(8)10(19)7-17-12-6-2-5-11(16)18-12/h1-6,10,19H,7H2,(H,17,18). The second-order valence-corrected chi connectivity index (χ2v) is 4.69. The number of hydrogen-bond acceptors (Lipinski definition) is 3. The van der Waals surface area contributed by atoms with Gasteiger partial charge in [0.1, 0.15) is 5.82 Å². The highest BCUT2D eigenvalue weighted by Gasteiger charge is 2.15. The Morgan fingerprint density at radius 3 is 2.42 bits per heavy atom. The van der Waals surface area contributed by atoms with Gasteiger partial charge in [0, 0.05) is 22.2 Å². The molecule has 1 aromatic carbocycles. The van der Waals surface area contributed by atoms with Crippen LogP contribution in [-0.4, -0.2) is 16.6 Å². The molecular weight excluding hydrogens is 290 g/mol. The molecule has 0 saturated carbocycles. The van der Waals surface area contributed by atoms with E-state index in [0.29, 0.717) is 21.4 Å². The van der Waals surface area contributed by atoms with Crippen molar-refractivity contribution in [2.75, 3.05) is 11.9 Å². The van der Waals surface area contributed by atoms with Crippen LogP contribution in [0, 0.1) is 5.95 Å². The minimum absolute atomic E-state index is 0.125. The van der Waals surface area contributed by atoms with E-state index in [1.54, 1.807) is 24.3 Å². The van der Waals surface area contributed by atoms with Crippen LogP contribution in [0.2, 0.25) is 10.0 Å². The van der Waals surface area contributed by atoms with E-state index < -0.39 is 12.1 Å². The van der Waals surface area contributed by atoms with Gasteiger partial charge in [0.05, 0.1) is 6.10 Å². The van der Waals surface area contributed by atoms with Gasteiger partial charge in [0.25, 0.3) is 0 Å². The maximum Gasteiger partial charge on any atom is 0.214 e. The molecule has 0 radical (unpaired) electrons. The summed E-state index contributed by atoms with van der Waals surface area (Å²) in [6.45, 7) is 0.125. The lowest BCUT2D eigenvalue weighted by molar-refractivity contribution is 0.191. The van der Waals surface area contributed by atoms with Crippen molar-refractivity contribution in [1.82, 2.24) is 4.98 Å². The minimum Gasteiger partial charge on any atom is -0.386 e. The molecule has 100 valence electrons. The highest BCUT2D eigenvalue weighted by molar-refractivity contribution is 6.36. The van der Waals surface area contributed by atoms with E-state index in [-0.39, 0.29) is 6.54 Å². The summed E-state index contributed by atoms with van der Waals surface area (Å²) in [7, 11) is 0. The monoisotopic (exact) mass is 300 g/mol. The molecule has 1 heterocycles. The number of anilines is 1. The number of rotatable bonds is 4. The number of nitrogens with zero attached hydrogens (tertiary/aromatic N) is 1. The van der Waals surface area contributed by atoms with E-state index >= 15 is 0 Å². The van der Waals surface area contributed by atoms with Crippen LogP contribution in [0.15, 0.2) is 36.4 Å². The summed E-state index contributed by atoms with van der Waals surface area (Å²) in [5.41, 5.74) is 0.440.